The van der Waals surface area contributed by atoms with Gasteiger partial charge in [-0.15, -0.1) is 0 Å². The van der Waals surface area contributed by atoms with Crippen LogP contribution in [-0.2, 0) is 4.79 Å². The first-order valence-electron chi connectivity index (χ1n) is 24.4. The van der Waals surface area contributed by atoms with Crippen LogP contribution in [0.25, 0.3) is 0 Å². The Morgan fingerprint density at radius 2 is 0.630 bits per heavy atom. The maximum atomic E-state index is 12.5. The normalized spacial score (nSPS) is 14.0. The van der Waals surface area contributed by atoms with Gasteiger partial charge in [-0.2, -0.15) is 0 Å². The number of carbonyl (C=O) groups excluding carboxylic acids is 1. The second-order valence-corrected chi connectivity index (χ2v) is 17.2. The summed E-state index contributed by atoms with van der Waals surface area (Å²) >= 11 is 0. The zero-order valence-corrected chi connectivity index (χ0v) is 36.5. The van der Waals surface area contributed by atoms with Gasteiger partial charge in [-0.1, -0.05) is 258 Å². The molecule has 0 rings (SSSR count). The molecule has 0 bridgehead atoms. The molecule has 0 aromatic carbocycles. The Kier molecular flexibility index (Phi) is 42.9. The monoisotopic (exact) mass is 768 g/mol. The molecule has 0 saturated heterocycles. The Balaban J connectivity index is 3.63. The van der Waals surface area contributed by atoms with Gasteiger partial charge in [-0.25, -0.2) is 0 Å². The van der Waals surface area contributed by atoms with Crippen molar-refractivity contribution in [3.05, 3.63) is 0 Å². The van der Waals surface area contributed by atoms with Crippen molar-refractivity contribution in [2.75, 3.05) is 6.61 Å². The van der Waals surface area contributed by atoms with Gasteiger partial charge in [-0.05, 0) is 12.8 Å². The predicted molar refractivity (Wildman–Crippen MR) is 233 cm³/mol. The summed E-state index contributed by atoms with van der Waals surface area (Å²) in [6.45, 7) is 4.08. The molecule has 0 aromatic rings. The van der Waals surface area contributed by atoms with Gasteiger partial charge >= 0.3 is 0 Å². The van der Waals surface area contributed by atoms with E-state index < -0.39 is 36.9 Å². The Morgan fingerprint density at radius 1 is 0.389 bits per heavy atom. The van der Waals surface area contributed by atoms with Gasteiger partial charge in [0.2, 0.25) is 5.91 Å². The number of nitrogens with one attached hydrogen (secondary N) is 1. The highest BCUT2D eigenvalue weighted by Crippen LogP contribution is 2.18. The van der Waals surface area contributed by atoms with Crippen molar-refractivity contribution < 1.29 is 25.2 Å². The molecule has 6 heteroatoms. The third kappa shape index (κ3) is 36.9. The molecule has 0 spiro atoms. The van der Waals surface area contributed by atoms with E-state index in [9.17, 15) is 25.2 Å². The maximum Gasteiger partial charge on any atom is 0.249 e. The van der Waals surface area contributed by atoms with E-state index in [2.05, 4.69) is 19.2 Å². The number of amides is 1. The third-order valence-corrected chi connectivity index (χ3v) is 11.8. The van der Waals surface area contributed by atoms with Crippen LogP contribution in [0, 0.1) is 0 Å². The van der Waals surface area contributed by atoms with Gasteiger partial charge < -0.3 is 25.7 Å². The van der Waals surface area contributed by atoms with Crippen LogP contribution in [0.5, 0.6) is 0 Å². The second-order valence-electron chi connectivity index (χ2n) is 17.2. The Labute approximate surface area is 337 Å². The van der Waals surface area contributed by atoms with Crippen LogP contribution >= 0.6 is 0 Å². The summed E-state index contributed by atoms with van der Waals surface area (Å²) < 4.78 is 0. The molecule has 4 atom stereocenters. The number of carbonyl (C=O) groups is 1. The predicted octanol–water partition coefficient (Wildman–Crippen LogP) is 13.2. The van der Waals surface area contributed by atoms with Gasteiger partial charge in [-0.3, -0.25) is 4.79 Å². The molecule has 0 heterocycles. The lowest BCUT2D eigenvalue weighted by Crippen LogP contribution is -2.53. The molecule has 0 fully saturated rings. The first kappa shape index (κ1) is 53.3. The smallest absolute Gasteiger partial charge is 0.249 e. The minimum atomic E-state index is -1.25. The number of unbranched alkanes of at least 4 members (excludes halogenated alkanes) is 36. The van der Waals surface area contributed by atoms with Crippen LogP contribution in [0.1, 0.15) is 271 Å². The van der Waals surface area contributed by atoms with Crippen LogP contribution in [-0.4, -0.2) is 57.3 Å². The van der Waals surface area contributed by atoms with Crippen LogP contribution in [0.15, 0.2) is 0 Å². The quantitative estimate of drug-likeness (QED) is 0.0396. The SMILES string of the molecule is CCCCCCCCCCCCCCCCCCCCCCCCCC(O)C(=O)NC(CO)C(O)C(O)CCCCCCCCCCCCCCCCC. The van der Waals surface area contributed by atoms with Crippen molar-refractivity contribution in [1.29, 1.82) is 0 Å². The topological polar surface area (TPSA) is 110 Å². The van der Waals surface area contributed by atoms with E-state index in [4.69, 9.17) is 0 Å². The lowest BCUT2D eigenvalue weighted by Gasteiger charge is -2.27. The van der Waals surface area contributed by atoms with Crippen molar-refractivity contribution in [3.8, 4) is 0 Å². The van der Waals surface area contributed by atoms with Gasteiger partial charge in [0.15, 0.2) is 0 Å². The zero-order chi connectivity index (χ0) is 39.6. The van der Waals surface area contributed by atoms with Crippen LogP contribution in [0.3, 0.4) is 0 Å². The van der Waals surface area contributed by atoms with Crippen molar-refractivity contribution >= 4 is 5.91 Å². The molecule has 4 unspecified atom stereocenters. The van der Waals surface area contributed by atoms with E-state index in [-0.39, 0.29) is 0 Å². The fraction of sp³-hybridized carbons (Fsp3) is 0.979. The second kappa shape index (κ2) is 43.4. The summed E-state index contributed by atoms with van der Waals surface area (Å²) in [4.78, 5) is 12.5. The van der Waals surface area contributed by atoms with E-state index in [1.165, 1.54) is 205 Å². The third-order valence-electron chi connectivity index (χ3n) is 11.8. The number of rotatable bonds is 45. The summed E-state index contributed by atoms with van der Waals surface area (Å²) in [7, 11) is 0. The fourth-order valence-electron chi connectivity index (χ4n) is 7.94. The molecule has 0 radical (unpaired) electrons. The first-order chi connectivity index (χ1) is 26.5. The number of hydrogen-bond acceptors (Lipinski definition) is 5. The highest BCUT2D eigenvalue weighted by molar-refractivity contribution is 5.80. The summed E-state index contributed by atoms with van der Waals surface area (Å²) in [5, 5.41) is 43.8. The molecule has 0 aliphatic carbocycles. The zero-order valence-electron chi connectivity index (χ0n) is 36.5. The molecule has 1 amide bonds. The highest BCUT2D eigenvalue weighted by Gasteiger charge is 2.28. The summed E-state index contributed by atoms with van der Waals surface area (Å²) in [5.74, 6) is -0.578. The Bertz CT molecular complexity index is 736. The summed E-state index contributed by atoms with van der Waals surface area (Å²) in [6.07, 6.45) is 47.1. The minimum Gasteiger partial charge on any atom is -0.394 e. The Hall–Kier alpha value is -0.690. The summed E-state index contributed by atoms with van der Waals surface area (Å²) in [5.41, 5.74) is 0. The van der Waals surface area contributed by atoms with Crippen molar-refractivity contribution in [2.24, 2.45) is 0 Å². The number of aliphatic hydroxyl groups is 4. The average Bonchev–Trinajstić information content (AvgIpc) is 3.18. The molecule has 0 aliphatic heterocycles. The van der Waals surface area contributed by atoms with Crippen LogP contribution in [0.4, 0.5) is 0 Å². The van der Waals surface area contributed by atoms with Crippen molar-refractivity contribution in [1.82, 2.24) is 5.32 Å². The minimum absolute atomic E-state index is 0.376. The number of hydrogen-bond donors (Lipinski definition) is 5. The molecular weight excluding hydrogens is 671 g/mol. The summed E-state index contributed by atoms with van der Waals surface area (Å²) in [6, 6.07) is -0.979. The molecule has 6 nitrogen and oxygen atoms in total. The van der Waals surface area contributed by atoms with Crippen LogP contribution in [0.2, 0.25) is 0 Å². The van der Waals surface area contributed by atoms with E-state index in [1.54, 1.807) is 0 Å². The van der Waals surface area contributed by atoms with Gasteiger partial charge in [0.25, 0.3) is 0 Å². The molecule has 0 saturated carbocycles. The van der Waals surface area contributed by atoms with Crippen LogP contribution < -0.4 is 5.32 Å². The first-order valence-corrected chi connectivity index (χ1v) is 24.4. The largest absolute Gasteiger partial charge is 0.394 e. The molecule has 0 aromatic heterocycles. The Morgan fingerprint density at radius 3 is 0.889 bits per heavy atom. The molecule has 5 N–H and O–H groups in total. The van der Waals surface area contributed by atoms with E-state index in [0.717, 1.165) is 38.5 Å². The van der Waals surface area contributed by atoms with Crippen molar-refractivity contribution in [3.63, 3.8) is 0 Å². The highest BCUT2D eigenvalue weighted by atomic mass is 16.3. The average molecular weight is 768 g/mol. The van der Waals surface area contributed by atoms with Crippen molar-refractivity contribution in [2.45, 2.75) is 295 Å². The maximum absolute atomic E-state index is 12.5. The van der Waals surface area contributed by atoms with Gasteiger partial charge in [0.05, 0.1) is 18.8 Å². The lowest BCUT2D eigenvalue weighted by atomic mass is 9.99. The van der Waals surface area contributed by atoms with E-state index in [1.807, 2.05) is 0 Å². The fourth-order valence-corrected chi connectivity index (χ4v) is 7.94. The number of aliphatic hydroxyl groups excluding tert-OH is 4. The van der Waals surface area contributed by atoms with E-state index in [0.29, 0.717) is 12.8 Å². The van der Waals surface area contributed by atoms with Gasteiger partial charge in [0, 0.05) is 0 Å². The molecule has 54 heavy (non-hydrogen) atoms. The lowest BCUT2D eigenvalue weighted by molar-refractivity contribution is -0.132. The molecular formula is C48H97NO5. The molecule has 324 valence electrons. The standard InChI is InChI=1S/C48H97NO5/c1-3-5-7-9-11-13-15-17-19-20-21-22-23-24-25-26-28-30-32-34-36-38-40-42-46(52)48(54)49-44(43-50)47(53)45(51)41-39-37-35-33-31-29-27-18-16-14-12-10-8-6-4-2/h44-47,50-53H,3-43H2,1-2H3,(H,49,54). The van der Waals surface area contributed by atoms with E-state index >= 15 is 0 Å². The van der Waals surface area contributed by atoms with Gasteiger partial charge in [0.1, 0.15) is 12.2 Å². The molecule has 0 aliphatic rings.